The van der Waals surface area contributed by atoms with E-state index < -0.39 is 18.5 Å². The molecule has 1 aromatic carbocycles. The molecule has 0 unspecified atom stereocenters. The topological polar surface area (TPSA) is 29.5 Å². The number of hydrogen-bond donors (Lipinski definition) is 0. The zero-order valence-electron chi connectivity index (χ0n) is 13.2. The molecule has 3 nitrogen and oxygen atoms in total. The van der Waals surface area contributed by atoms with Crippen molar-refractivity contribution in [3.63, 3.8) is 0 Å². The Bertz CT molecular complexity index is 514. The van der Waals surface area contributed by atoms with E-state index in [1.165, 1.54) is 10.5 Å². The minimum absolute atomic E-state index is 0.267. The first-order chi connectivity index (χ1) is 10.9. The van der Waals surface area contributed by atoms with Gasteiger partial charge in [-0.15, -0.1) is 0 Å². The maximum atomic E-state index is 12.3. The third kappa shape index (κ3) is 5.77. The number of rotatable bonds is 5. The van der Waals surface area contributed by atoms with Gasteiger partial charge in [-0.1, -0.05) is 12.1 Å². The number of alkyl halides is 3. The van der Waals surface area contributed by atoms with Gasteiger partial charge in [0.25, 0.3) is 0 Å². The van der Waals surface area contributed by atoms with Crippen LogP contribution in [0.4, 0.5) is 13.2 Å². The summed E-state index contributed by atoms with van der Waals surface area (Å²) in [5.74, 6) is 0.269. The van der Waals surface area contributed by atoms with Gasteiger partial charge in [0, 0.05) is 13.1 Å². The Morgan fingerprint density at radius 1 is 1.30 bits per heavy atom. The van der Waals surface area contributed by atoms with E-state index in [9.17, 15) is 18.0 Å². The molecule has 1 saturated heterocycles. The molecule has 0 saturated carbocycles. The molecule has 2 rings (SSSR count). The van der Waals surface area contributed by atoms with Crippen LogP contribution in [0.2, 0.25) is 0 Å². The largest absolute Gasteiger partial charge is 0.497 e. The quantitative estimate of drug-likeness (QED) is 0.822. The van der Waals surface area contributed by atoms with E-state index in [1.54, 1.807) is 7.11 Å². The molecule has 1 aromatic rings. The van der Waals surface area contributed by atoms with E-state index in [0.29, 0.717) is 13.1 Å². The highest BCUT2D eigenvalue weighted by atomic mass is 19.4. The average Bonchev–Trinajstić information content (AvgIpc) is 2.52. The first-order valence-electron chi connectivity index (χ1n) is 7.85. The number of aryl methyl sites for hydroxylation is 1. The van der Waals surface area contributed by atoms with Crippen molar-refractivity contribution < 1.29 is 22.7 Å². The first-order valence-corrected chi connectivity index (χ1v) is 7.85. The molecule has 0 bridgehead atoms. The molecule has 1 atom stereocenters. The summed E-state index contributed by atoms with van der Waals surface area (Å²) in [7, 11) is 1.61. The predicted octanol–water partition coefficient (Wildman–Crippen LogP) is 3.82. The fraction of sp³-hybridized carbons (Fsp3) is 0.588. The van der Waals surface area contributed by atoms with Gasteiger partial charge in [0.15, 0.2) is 0 Å². The fourth-order valence-electron chi connectivity index (χ4n) is 2.97. The molecule has 0 aromatic heterocycles. The smallest absolute Gasteiger partial charge is 0.397 e. The molecule has 1 fully saturated rings. The van der Waals surface area contributed by atoms with Crippen LogP contribution in [-0.2, 0) is 11.2 Å². The number of amides is 1. The normalized spacial score (nSPS) is 18.8. The van der Waals surface area contributed by atoms with E-state index in [1.807, 2.05) is 24.3 Å². The van der Waals surface area contributed by atoms with Gasteiger partial charge >= 0.3 is 6.18 Å². The average molecular weight is 329 g/mol. The molecule has 0 spiro atoms. The van der Waals surface area contributed by atoms with Gasteiger partial charge in [0.05, 0.1) is 7.11 Å². The summed E-state index contributed by atoms with van der Waals surface area (Å²) in [6, 6.07) is 7.78. The molecule has 23 heavy (non-hydrogen) atoms. The number of likely N-dealkylation sites (tertiary alicyclic amines) is 1. The molecule has 0 N–H and O–H groups in total. The van der Waals surface area contributed by atoms with E-state index in [0.717, 1.165) is 31.4 Å². The van der Waals surface area contributed by atoms with Crippen molar-refractivity contribution >= 4 is 5.91 Å². The zero-order valence-corrected chi connectivity index (χ0v) is 13.2. The minimum Gasteiger partial charge on any atom is -0.497 e. The highest BCUT2D eigenvalue weighted by Crippen LogP contribution is 2.26. The van der Waals surface area contributed by atoms with Crippen LogP contribution in [-0.4, -0.2) is 37.2 Å². The van der Waals surface area contributed by atoms with Crippen LogP contribution in [0, 0.1) is 5.92 Å². The van der Waals surface area contributed by atoms with Crippen molar-refractivity contribution in [2.75, 3.05) is 20.2 Å². The standard InChI is InChI=1S/C17H22F3NO2/c1-23-15-8-6-13(7-9-15)4-5-14-3-2-10-21(12-14)16(22)11-17(18,19)20/h6-9,14H,2-5,10-12H2,1H3/t14-/m1/s1. The lowest BCUT2D eigenvalue weighted by Crippen LogP contribution is -2.41. The van der Waals surface area contributed by atoms with Crippen LogP contribution in [0.25, 0.3) is 0 Å². The van der Waals surface area contributed by atoms with Gasteiger partial charge in [0.1, 0.15) is 12.2 Å². The second-order valence-electron chi connectivity index (χ2n) is 6.03. The van der Waals surface area contributed by atoms with Gasteiger partial charge in [0.2, 0.25) is 5.91 Å². The molecule has 1 aliphatic rings. The summed E-state index contributed by atoms with van der Waals surface area (Å²) in [6.07, 6.45) is -2.30. The second kappa shape index (κ2) is 7.70. The van der Waals surface area contributed by atoms with Crippen LogP contribution in [0.5, 0.6) is 5.75 Å². The molecule has 0 aliphatic carbocycles. The van der Waals surface area contributed by atoms with Crippen molar-refractivity contribution in [1.82, 2.24) is 4.90 Å². The van der Waals surface area contributed by atoms with Gasteiger partial charge < -0.3 is 9.64 Å². The molecular weight excluding hydrogens is 307 g/mol. The summed E-state index contributed by atoms with van der Waals surface area (Å²) < 4.78 is 42.1. The third-order valence-corrected chi connectivity index (χ3v) is 4.22. The number of hydrogen-bond acceptors (Lipinski definition) is 2. The lowest BCUT2D eigenvalue weighted by molar-refractivity contribution is -0.162. The Labute approximate surface area is 134 Å². The number of benzene rings is 1. The Kier molecular flexibility index (Phi) is 5.91. The van der Waals surface area contributed by atoms with E-state index >= 15 is 0 Å². The summed E-state index contributed by atoms with van der Waals surface area (Å²) in [5, 5.41) is 0. The lowest BCUT2D eigenvalue weighted by Gasteiger charge is -2.33. The van der Waals surface area contributed by atoms with Crippen LogP contribution in [0.1, 0.15) is 31.2 Å². The second-order valence-corrected chi connectivity index (χ2v) is 6.03. The van der Waals surface area contributed by atoms with Crippen molar-refractivity contribution in [2.45, 2.75) is 38.3 Å². The van der Waals surface area contributed by atoms with Crippen LogP contribution >= 0.6 is 0 Å². The Balaban J connectivity index is 1.82. The maximum absolute atomic E-state index is 12.3. The third-order valence-electron chi connectivity index (χ3n) is 4.22. The fourth-order valence-corrected chi connectivity index (χ4v) is 2.97. The van der Waals surface area contributed by atoms with E-state index in [2.05, 4.69) is 0 Å². The van der Waals surface area contributed by atoms with E-state index in [4.69, 9.17) is 4.74 Å². The number of carbonyl (C=O) groups excluding carboxylic acids is 1. The summed E-state index contributed by atoms with van der Waals surface area (Å²) >= 11 is 0. The molecule has 128 valence electrons. The lowest BCUT2D eigenvalue weighted by atomic mass is 9.91. The molecular formula is C17H22F3NO2. The summed E-state index contributed by atoms with van der Waals surface area (Å²) in [6.45, 7) is 0.874. The van der Waals surface area contributed by atoms with Gasteiger partial charge in [-0.2, -0.15) is 13.2 Å². The van der Waals surface area contributed by atoms with Gasteiger partial charge in [-0.25, -0.2) is 0 Å². The molecule has 1 aliphatic heterocycles. The SMILES string of the molecule is COc1ccc(CC[C@H]2CCCN(C(=O)CC(F)(F)F)C2)cc1. The number of methoxy groups -OCH3 is 1. The Hall–Kier alpha value is -1.72. The first kappa shape index (κ1) is 17.6. The number of piperidine rings is 1. The monoisotopic (exact) mass is 329 g/mol. The molecule has 1 heterocycles. The zero-order chi connectivity index (χ0) is 16.9. The number of carbonyl (C=O) groups is 1. The van der Waals surface area contributed by atoms with Crippen LogP contribution < -0.4 is 4.74 Å². The Morgan fingerprint density at radius 3 is 2.61 bits per heavy atom. The number of nitrogens with zero attached hydrogens (tertiary/aromatic N) is 1. The summed E-state index contributed by atoms with van der Waals surface area (Å²) in [4.78, 5) is 13.1. The number of halogens is 3. The van der Waals surface area contributed by atoms with Crippen LogP contribution in [0.15, 0.2) is 24.3 Å². The van der Waals surface area contributed by atoms with E-state index in [-0.39, 0.29) is 5.92 Å². The minimum atomic E-state index is -4.42. The molecule has 1 amide bonds. The highest BCUT2D eigenvalue weighted by Gasteiger charge is 2.34. The molecule has 6 heteroatoms. The Morgan fingerprint density at radius 2 is 2.00 bits per heavy atom. The maximum Gasteiger partial charge on any atom is 0.397 e. The molecule has 0 radical (unpaired) electrons. The van der Waals surface area contributed by atoms with Crippen molar-refractivity contribution in [2.24, 2.45) is 5.92 Å². The predicted molar refractivity (Wildman–Crippen MR) is 81.3 cm³/mol. The van der Waals surface area contributed by atoms with Crippen LogP contribution in [0.3, 0.4) is 0 Å². The van der Waals surface area contributed by atoms with Gasteiger partial charge in [-0.3, -0.25) is 4.79 Å². The summed E-state index contributed by atoms with van der Waals surface area (Å²) in [5.41, 5.74) is 1.17. The van der Waals surface area contributed by atoms with Crippen molar-refractivity contribution in [3.05, 3.63) is 29.8 Å². The van der Waals surface area contributed by atoms with Gasteiger partial charge in [-0.05, 0) is 49.3 Å². The number of ether oxygens (including phenoxy) is 1. The highest BCUT2D eigenvalue weighted by molar-refractivity contribution is 5.76. The van der Waals surface area contributed by atoms with Crippen molar-refractivity contribution in [3.8, 4) is 5.75 Å². The van der Waals surface area contributed by atoms with Crippen molar-refractivity contribution in [1.29, 1.82) is 0 Å².